The minimum Gasteiger partial charge on any atom is -0.469 e. The molecule has 28 heavy (non-hydrogen) atoms. The van der Waals surface area contributed by atoms with Gasteiger partial charge in [0.05, 0.1) is 18.8 Å². The lowest BCUT2D eigenvalue weighted by Gasteiger charge is -2.55. The van der Waals surface area contributed by atoms with Gasteiger partial charge < -0.3 is 9.47 Å². The maximum absolute atomic E-state index is 12.7. The van der Waals surface area contributed by atoms with Gasteiger partial charge in [0, 0.05) is 23.7 Å². The van der Waals surface area contributed by atoms with Gasteiger partial charge in [-0.05, 0) is 56.3 Å². The highest BCUT2D eigenvalue weighted by Crippen LogP contribution is 2.70. The SMILES string of the molecule is CCCCC[C@]12C[C@@H]3[C@H](CC[C@]4(C)C(=O)CC[C@@H]34)[C@@](C)(CCC(=O)OC)[C@H]1O2. The Bertz CT molecular complexity index is 645. The third kappa shape index (κ3) is 2.97. The molecule has 0 unspecified atom stereocenters. The zero-order valence-electron chi connectivity index (χ0n) is 18.2. The number of ether oxygens (including phenoxy) is 2. The van der Waals surface area contributed by atoms with Gasteiger partial charge in [-0.1, -0.05) is 40.0 Å². The van der Waals surface area contributed by atoms with E-state index >= 15 is 0 Å². The molecule has 3 saturated carbocycles. The van der Waals surface area contributed by atoms with E-state index < -0.39 is 0 Å². The van der Waals surface area contributed by atoms with Gasteiger partial charge in [-0.3, -0.25) is 9.59 Å². The second-order valence-corrected chi connectivity index (χ2v) is 10.6. The van der Waals surface area contributed by atoms with Crippen molar-refractivity contribution in [3.8, 4) is 0 Å². The molecule has 0 bridgehead atoms. The Labute approximate surface area is 170 Å². The minimum absolute atomic E-state index is 0.00505. The van der Waals surface area contributed by atoms with Crippen LogP contribution in [0.15, 0.2) is 0 Å². The largest absolute Gasteiger partial charge is 0.469 e. The van der Waals surface area contributed by atoms with Crippen molar-refractivity contribution in [2.75, 3.05) is 7.11 Å². The number of carbonyl (C=O) groups is 2. The van der Waals surface area contributed by atoms with Gasteiger partial charge in [0.25, 0.3) is 0 Å². The number of unbranched alkanes of at least 4 members (excludes halogenated alkanes) is 2. The molecule has 4 heteroatoms. The summed E-state index contributed by atoms with van der Waals surface area (Å²) in [7, 11) is 1.48. The van der Waals surface area contributed by atoms with Crippen molar-refractivity contribution in [3.63, 3.8) is 0 Å². The van der Waals surface area contributed by atoms with Crippen LogP contribution in [0.5, 0.6) is 0 Å². The first-order chi connectivity index (χ1) is 13.3. The van der Waals surface area contributed by atoms with Gasteiger partial charge in [0.2, 0.25) is 0 Å². The smallest absolute Gasteiger partial charge is 0.305 e. The highest BCUT2D eigenvalue weighted by atomic mass is 16.6. The van der Waals surface area contributed by atoms with E-state index in [-0.39, 0.29) is 28.5 Å². The number of epoxide rings is 1. The first kappa shape index (κ1) is 20.4. The predicted molar refractivity (Wildman–Crippen MR) is 108 cm³/mol. The van der Waals surface area contributed by atoms with E-state index in [0.717, 1.165) is 44.9 Å². The van der Waals surface area contributed by atoms with Crippen LogP contribution in [0.25, 0.3) is 0 Å². The number of carbonyl (C=O) groups excluding carboxylic acids is 2. The van der Waals surface area contributed by atoms with E-state index in [1.165, 1.54) is 26.4 Å². The quantitative estimate of drug-likeness (QED) is 0.346. The Balaban J connectivity index is 1.61. The summed E-state index contributed by atoms with van der Waals surface area (Å²) >= 11 is 0. The Morgan fingerprint density at radius 1 is 1.18 bits per heavy atom. The Morgan fingerprint density at radius 2 is 1.96 bits per heavy atom. The standard InChI is InChI=1S/C24H38O4/c1-5-6-7-12-24-15-16-17-8-9-19(25)22(17,2)13-10-18(16)23(3,21(24)28-24)14-11-20(26)27-4/h16-18,21H,5-15H2,1-4H3/t16-,17-,18-,21+,22-,23+,24-/m0/s1. The Kier molecular flexibility index (Phi) is 5.17. The fourth-order valence-corrected chi connectivity index (χ4v) is 7.60. The van der Waals surface area contributed by atoms with Crippen molar-refractivity contribution in [2.45, 2.75) is 103 Å². The topological polar surface area (TPSA) is 55.9 Å². The number of ketones is 1. The van der Waals surface area contributed by atoms with E-state index in [1.807, 2.05) is 0 Å². The van der Waals surface area contributed by atoms with Gasteiger partial charge in [0.1, 0.15) is 5.78 Å². The van der Waals surface area contributed by atoms with Crippen molar-refractivity contribution >= 4 is 11.8 Å². The van der Waals surface area contributed by atoms with Gasteiger partial charge in [-0.15, -0.1) is 0 Å². The van der Waals surface area contributed by atoms with Crippen LogP contribution in [0.2, 0.25) is 0 Å². The summed E-state index contributed by atoms with van der Waals surface area (Å²) in [5.41, 5.74) is -0.0852. The van der Waals surface area contributed by atoms with Crippen molar-refractivity contribution in [3.05, 3.63) is 0 Å². The van der Waals surface area contributed by atoms with E-state index in [9.17, 15) is 9.59 Å². The third-order valence-corrected chi connectivity index (χ3v) is 9.25. The van der Waals surface area contributed by atoms with E-state index in [1.54, 1.807) is 0 Å². The van der Waals surface area contributed by atoms with Gasteiger partial charge >= 0.3 is 5.97 Å². The average molecular weight is 391 g/mol. The van der Waals surface area contributed by atoms with Crippen LogP contribution in [0.3, 0.4) is 0 Å². The molecule has 3 aliphatic carbocycles. The highest BCUT2D eigenvalue weighted by molar-refractivity contribution is 5.87. The van der Waals surface area contributed by atoms with E-state index in [2.05, 4.69) is 20.8 Å². The maximum Gasteiger partial charge on any atom is 0.305 e. The number of esters is 1. The number of methoxy groups -OCH3 is 1. The normalized spacial score (nSPS) is 46.5. The molecule has 0 radical (unpaired) electrons. The second kappa shape index (κ2) is 7.11. The molecule has 0 aromatic heterocycles. The van der Waals surface area contributed by atoms with Crippen LogP contribution in [-0.4, -0.2) is 30.6 Å². The zero-order chi connectivity index (χ0) is 20.2. The van der Waals surface area contributed by atoms with E-state index in [4.69, 9.17) is 9.47 Å². The zero-order valence-corrected chi connectivity index (χ0v) is 18.2. The molecule has 4 rings (SSSR count). The van der Waals surface area contributed by atoms with Gasteiger partial charge in [0.15, 0.2) is 0 Å². The van der Waals surface area contributed by atoms with Crippen LogP contribution in [0.1, 0.15) is 91.4 Å². The van der Waals surface area contributed by atoms with Crippen LogP contribution >= 0.6 is 0 Å². The summed E-state index contributed by atoms with van der Waals surface area (Å²) < 4.78 is 11.5. The molecular formula is C24H38O4. The summed E-state index contributed by atoms with van der Waals surface area (Å²) in [4.78, 5) is 24.6. The van der Waals surface area contributed by atoms with Crippen molar-refractivity contribution < 1.29 is 19.1 Å². The van der Waals surface area contributed by atoms with Crippen LogP contribution < -0.4 is 0 Å². The second-order valence-electron chi connectivity index (χ2n) is 10.6. The summed E-state index contributed by atoms with van der Waals surface area (Å²) in [6.45, 7) is 6.86. The monoisotopic (exact) mass is 390 g/mol. The lowest BCUT2D eigenvalue weighted by Crippen LogP contribution is -2.54. The fourth-order valence-electron chi connectivity index (χ4n) is 7.60. The summed E-state index contributed by atoms with van der Waals surface area (Å²) in [6.07, 6.45) is 11.5. The third-order valence-electron chi connectivity index (χ3n) is 9.25. The number of hydrogen-bond donors (Lipinski definition) is 0. The van der Waals surface area contributed by atoms with Crippen LogP contribution in [-0.2, 0) is 19.1 Å². The molecule has 1 saturated heterocycles. The van der Waals surface area contributed by atoms with E-state index in [0.29, 0.717) is 30.0 Å². The first-order valence-corrected chi connectivity index (χ1v) is 11.6. The molecule has 0 spiro atoms. The highest BCUT2D eigenvalue weighted by Gasteiger charge is 2.72. The molecule has 4 fully saturated rings. The van der Waals surface area contributed by atoms with Crippen LogP contribution in [0, 0.1) is 28.6 Å². The van der Waals surface area contributed by atoms with Gasteiger partial charge in [-0.2, -0.15) is 0 Å². The summed E-state index contributed by atoms with van der Waals surface area (Å²) in [5.74, 6) is 2.01. The molecule has 4 nitrogen and oxygen atoms in total. The molecular weight excluding hydrogens is 352 g/mol. The lowest BCUT2D eigenvalue weighted by atomic mass is 9.47. The molecule has 1 aliphatic heterocycles. The summed E-state index contributed by atoms with van der Waals surface area (Å²) in [5, 5.41) is 0. The van der Waals surface area contributed by atoms with Crippen molar-refractivity contribution in [1.82, 2.24) is 0 Å². The fraction of sp³-hybridized carbons (Fsp3) is 0.917. The van der Waals surface area contributed by atoms with Crippen LogP contribution in [0.4, 0.5) is 0 Å². The summed E-state index contributed by atoms with van der Waals surface area (Å²) in [6, 6.07) is 0. The molecule has 0 N–H and O–H groups in total. The molecule has 158 valence electrons. The number of fused-ring (bicyclic) bond motifs is 4. The Hall–Kier alpha value is -0.900. The number of Topliss-reactive ketones (excluding diaryl/α,β-unsaturated/α-hetero) is 1. The maximum atomic E-state index is 12.7. The minimum atomic E-state index is -0.114. The van der Waals surface area contributed by atoms with Gasteiger partial charge in [-0.25, -0.2) is 0 Å². The average Bonchev–Trinajstić information content (AvgIpc) is 3.32. The molecule has 0 aromatic rings. The molecule has 4 aliphatic rings. The van der Waals surface area contributed by atoms with Crippen molar-refractivity contribution in [2.24, 2.45) is 28.6 Å². The molecule has 0 aromatic carbocycles. The number of rotatable bonds is 7. The Morgan fingerprint density at radius 3 is 2.68 bits per heavy atom. The first-order valence-electron chi connectivity index (χ1n) is 11.6. The molecule has 0 amide bonds. The van der Waals surface area contributed by atoms with Crippen molar-refractivity contribution in [1.29, 1.82) is 0 Å². The molecule has 7 atom stereocenters. The molecule has 1 heterocycles. The number of hydrogen-bond acceptors (Lipinski definition) is 4. The lowest BCUT2D eigenvalue weighted by molar-refractivity contribution is -0.142. The predicted octanol–water partition coefficient (Wildman–Crippen LogP) is 5.08.